The van der Waals surface area contributed by atoms with Gasteiger partial charge in [-0.1, -0.05) is 23.7 Å². The zero-order chi connectivity index (χ0) is 16.9. The first kappa shape index (κ1) is 18.8. The van der Waals surface area contributed by atoms with Gasteiger partial charge in [0.05, 0.1) is 6.10 Å². The molecule has 2 atom stereocenters. The first-order chi connectivity index (χ1) is 10.1. The highest BCUT2D eigenvalue weighted by atomic mass is 35.5. The molecule has 0 fully saturated rings. The molecule has 1 amide bonds. The maximum atomic E-state index is 11.7. The van der Waals surface area contributed by atoms with Crippen molar-refractivity contribution in [3.05, 3.63) is 34.3 Å². The van der Waals surface area contributed by atoms with Gasteiger partial charge in [0.2, 0.25) is 0 Å². The minimum Gasteiger partial charge on any atom is -0.444 e. The quantitative estimate of drug-likeness (QED) is 0.863. The summed E-state index contributed by atoms with van der Waals surface area (Å²) in [6, 6.07) is 5.54. The summed E-state index contributed by atoms with van der Waals surface area (Å²) < 4.78 is 5.19. The van der Waals surface area contributed by atoms with Gasteiger partial charge in [-0.2, -0.15) is 0 Å². The van der Waals surface area contributed by atoms with E-state index in [2.05, 4.69) is 5.32 Å². The van der Waals surface area contributed by atoms with E-state index in [0.29, 0.717) is 12.8 Å². The van der Waals surface area contributed by atoms with Crippen molar-refractivity contribution in [3.8, 4) is 0 Å². The molecule has 0 bridgehead atoms. The van der Waals surface area contributed by atoms with Crippen LogP contribution in [0.2, 0.25) is 5.02 Å². The third kappa shape index (κ3) is 7.14. The van der Waals surface area contributed by atoms with E-state index in [1.165, 1.54) is 0 Å². The van der Waals surface area contributed by atoms with Gasteiger partial charge < -0.3 is 15.2 Å². The molecule has 124 valence electrons. The second-order valence-electron chi connectivity index (χ2n) is 6.72. The molecule has 1 unspecified atom stereocenters. The van der Waals surface area contributed by atoms with Crippen LogP contribution < -0.4 is 5.32 Å². The molecular formula is C17H26ClNO3. The van der Waals surface area contributed by atoms with Crippen LogP contribution >= 0.6 is 11.6 Å². The summed E-state index contributed by atoms with van der Waals surface area (Å²) in [5, 5.41) is 13.6. The van der Waals surface area contributed by atoms with Crippen LogP contribution in [0.5, 0.6) is 0 Å². The SMILES string of the molecule is Cc1cc(CC(O)C[C@@H](C)NC(=O)OC(C)(C)C)ccc1Cl. The number of alkyl carbamates (subject to hydrolysis) is 1. The third-order valence-electron chi connectivity index (χ3n) is 3.08. The third-order valence-corrected chi connectivity index (χ3v) is 3.51. The Kier molecular flexibility index (Phi) is 6.69. The van der Waals surface area contributed by atoms with Crippen LogP contribution in [0.3, 0.4) is 0 Å². The molecule has 0 aliphatic rings. The molecule has 5 heteroatoms. The molecule has 1 rings (SSSR count). The number of carbonyl (C=O) groups is 1. The minimum atomic E-state index is -0.537. The van der Waals surface area contributed by atoms with Crippen LogP contribution in [0.1, 0.15) is 45.2 Å². The van der Waals surface area contributed by atoms with E-state index >= 15 is 0 Å². The lowest BCUT2D eigenvalue weighted by Gasteiger charge is -2.23. The van der Waals surface area contributed by atoms with Gasteiger partial charge in [-0.05, 0) is 64.7 Å². The molecule has 0 saturated carbocycles. The van der Waals surface area contributed by atoms with E-state index in [9.17, 15) is 9.90 Å². The lowest BCUT2D eigenvalue weighted by atomic mass is 10.0. The smallest absolute Gasteiger partial charge is 0.407 e. The van der Waals surface area contributed by atoms with Crippen LogP contribution in [-0.2, 0) is 11.2 Å². The number of benzene rings is 1. The number of hydrogen-bond donors (Lipinski definition) is 2. The van der Waals surface area contributed by atoms with E-state index in [1.807, 2.05) is 52.8 Å². The van der Waals surface area contributed by atoms with E-state index < -0.39 is 17.8 Å². The number of carbonyl (C=O) groups excluding carboxylic acids is 1. The van der Waals surface area contributed by atoms with Crippen LogP contribution in [0.4, 0.5) is 4.79 Å². The maximum absolute atomic E-state index is 11.7. The number of aliphatic hydroxyl groups is 1. The molecule has 0 spiro atoms. The largest absolute Gasteiger partial charge is 0.444 e. The van der Waals surface area contributed by atoms with Crippen LogP contribution in [0.25, 0.3) is 0 Å². The summed E-state index contributed by atoms with van der Waals surface area (Å²) in [4.78, 5) is 11.7. The predicted molar refractivity (Wildman–Crippen MR) is 89.3 cm³/mol. The number of aliphatic hydroxyl groups excluding tert-OH is 1. The van der Waals surface area contributed by atoms with E-state index in [-0.39, 0.29) is 6.04 Å². The Labute approximate surface area is 137 Å². The minimum absolute atomic E-state index is 0.168. The normalized spacial score (nSPS) is 14.3. The molecular weight excluding hydrogens is 302 g/mol. The van der Waals surface area contributed by atoms with Crippen molar-refractivity contribution in [2.45, 2.75) is 65.2 Å². The first-order valence-electron chi connectivity index (χ1n) is 7.49. The van der Waals surface area contributed by atoms with E-state index in [4.69, 9.17) is 16.3 Å². The van der Waals surface area contributed by atoms with Gasteiger partial charge in [0.25, 0.3) is 0 Å². The predicted octanol–water partition coefficient (Wildman–Crippen LogP) is 3.86. The van der Waals surface area contributed by atoms with Crippen molar-refractivity contribution < 1.29 is 14.6 Å². The first-order valence-corrected chi connectivity index (χ1v) is 7.87. The Morgan fingerprint density at radius 1 is 1.41 bits per heavy atom. The van der Waals surface area contributed by atoms with Gasteiger partial charge in [0, 0.05) is 11.1 Å². The van der Waals surface area contributed by atoms with E-state index in [1.54, 1.807) is 0 Å². The highest BCUT2D eigenvalue weighted by molar-refractivity contribution is 6.31. The number of hydrogen-bond acceptors (Lipinski definition) is 3. The van der Waals surface area contributed by atoms with Crippen molar-refractivity contribution in [2.24, 2.45) is 0 Å². The average molecular weight is 328 g/mol. The average Bonchev–Trinajstić information content (AvgIpc) is 2.30. The Morgan fingerprint density at radius 3 is 2.59 bits per heavy atom. The molecule has 0 aliphatic carbocycles. The Hall–Kier alpha value is -1.26. The molecule has 2 N–H and O–H groups in total. The summed E-state index contributed by atoms with van der Waals surface area (Å²) in [6.07, 6.45) is -0.0146. The molecule has 1 aromatic carbocycles. The van der Waals surface area contributed by atoms with Crippen molar-refractivity contribution >= 4 is 17.7 Å². The van der Waals surface area contributed by atoms with Crippen LogP contribution in [0, 0.1) is 6.92 Å². The number of rotatable bonds is 5. The fraction of sp³-hybridized carbons (Fsp3) is 0.588. The van der Waals surface area contributed by atoms with Gasteiger partial charge >= 0.3 is 6.09 Å². The van der Waals surface area contributed by atoms with Gasteiger partial charge in [-0.3, -0.25) is 0 Å². The topological polar surface area (TPSA) is 58.6 Å². The Bertz CT molecular complexity index is 511. The molecule has 0 heterocycles. The fourth-order valence-electron chi connectivity index (χ4n) is 2.16. The maximum Gasteiger partial charge on any atom is 0.407 e. The molecule has 1 aromatic rings. The molecule has 0 saturated heterocycles. The zero-order valence-electron chi connectivity index (χ0n) is 13.9. The lowest BCUT2D eigenvalue weighted by Crippen LogP contribution is -2.39. The van der Waals surface area contributed by atoms with Gasteiger partial charge in [0.15, 0.2) is 0 Å². The molecule has 22 heavy (non-hydrogen) atoms. The summed E-state index contributed by atoms with van der Waals surface area (Å²) in [5.74, 6) is 0. The number of halogens is 1. The van der Waals surface area contributed by atoms with Crippen molar-refractivity contribution in [1.29, 1.82) is 0 Å². The second-order valence-corrected chi connectivity index (χ2v) is 7.13. The lowest BCUT2D eigenvalue weighted by molar-refractivity contribution is 0.0490. The Morgan fingerprint density at radius 2 is 2.05 bits per heavy atom. The number of aryl methyl sites for hydroxylation is 1. The second kappa shape index (κ2) is 7.84. The summed E-state index contributed by atoms with van der Waals surface area (Å²) in [7, 11) is 0. The summed E-state index contributed by atoms with van der Waals surface area (Å²) in [6.45, 7) is 9.23. The van der Waals surface area contributed by atoms with Gasteiger partial charge in [-0.25, -0.2) is 4.79 Å². The fourth-order valence-corrected chi connectivity index (χ4v) is 2.28. The zero-order valence-corrected chi connectivity index (χ0v) is 14.7. The van der Waals surface area contributed by atoms with Crippen LogP contribution in [-0.4, -0.2) is 28.9 Å². The van der Waals surface area contributed by atoms with Crippen molar-refractivity contribution in [3.63, 3.8) is 0 Å². The highest BCUT2D eigenvalue weighted by Crippen LogP contribution is 2.18. The van der Waals surface area contributed by atoms with Gasteiger partial charge in [0.1, 0.15) is 5.60 Å². The summed E-state index contributed by atoms with van der Waals surface area (Å²) >= 11 is 5.99. The molecule has 0 radical (unpaired) electrons. The monoisotopic (exact) mass is 327 g/mol. The van der Waals surface area contributed by atoms with Crippen molar-refractivity contribution in [1.82, 2.24) is 5.32 Å². The number of ether oxygens (including phenoxy) is 1. The number of amides is 1. The standard InChI is InChI=1S/C17H26ClNO3/c1-11-8-13(6-7-15(11)18)10-14(20)9-12(2)19-16(21)22-17(3,4)5/h6-8,12,14,20H,9-10H2,1-5H3,(H,19,21)/t12-,14?/m1/s1. The number of nitrogens with one attached hydrogen (secondary N) is 1. The van der Waals surface area contributed by atoms with E-state index in [0.717, 1.165) is 16.1 Å². The molecule has 0 aromatic heterocycles. The molecule has 0 aliphatic heterocycles. The molecule has 4 nitrogen and oxygen atoms in total. The van der Waals surface area contributed by atoms with Crippen molar-refractivity contribution in [2.75, 3.05) is 0 Å². The van der Waals surface area contributed by atoms with Gasteiger partial charge in [-0.15, -0.1) is 0 Å². The summed E-state index contributed by atoms with van der Waals surface area (Å²) in [5.41, 5.74) is 1.49. The van der Waals surface area contributed by atoms with Crippen LogP contribution in [0.15, 0.2) is 18.2 Å². The highest BCUT2D eigenvalue weighted by Gasteiger charge is 2.19. The Balaban J connectivity index is 2.45.